The molecule has 1 N–H and O–H groups in total. The molecule has 0 bridgehead atoms. The summed E-state index contributed by atoms with van der Waals surface area (Å²) in [6, 6.07) is 2.71. The number of fused-ring (bicyclic) bond motifs is 1. The van der Waals surface area contributed by atoms with Gasteiger partial charge in [0.15, 0.2) is 5.58 Å². The molecule has 1 saturated carbocycles. The van der Waals surface area contributed by atoms with Crippen molar-refractivity contribution in [1.82, 2.24) is 9.29 Å². The zero-order valence-electron chi connectivity index (χ0n) is 12.6. The predicted octanol–water partition coefficient (Wildman–Crippen LogP) is 2.73. The van der Waals surface area contributed by atoms with Crippen LogP contribution in [0.25, 0.3) is 11.1 Å². The molecule has 1 unspecified atom stereocenters. The SMILES string of the molecule is CC1CC2(CCC2)CN1S(=O)(=O)c1cc2oc(=O)[nH]c2cc1Cl. The van der Waals surface area contributed by atoms with Gasteiger partial charge in [-0.3, -0.25) is 4.98 Å². The maximum Gasteiger partial charge on any atom is 0.417 e. The Morgan fingerprint density at radius 2 is 2.13 bits per heavy atom. The fraction of sp³-hybridized carbons (Fsp3) is 0.533. The summed E-state index contributed by atoms with van der Waals surface area (Å²) in [6.45, 7) is 2.48. The van der Waals surface area contributed by atoms with Crippen molar-refractivity contribution in [2.75, 3.05) is 6.54 Å². The van der Waals surface area contributed by atoms with E-state index in [1.54, 1.807) is 4.31 Å². The van der Waals surface area contributed by atoms with E-state index < -0.39 is 15.8 Å². The lowest BCUT2D eigenvalue weighted by Gasteiger charge is -2.38. The van der Waals surface area contributed by atoms with E-state index in [2.05, 4.69) is 4.98 Å². The fourth-order valence-electron chi connectivity index (χ4n) is 3.92. The molecule has 8 heteroatoms. The van der Waals surface area contributed by atoms with Crippen molar-refractivity contribution in [3.05, 3.63) is 27.7 Å². The molecule has 2 aromatic rings. The number of halogens is 1. The molecule has 1 aliphatic carbocycles. The summed E-state index contributed by atoms with van der Waals surface area (Å²) in [5.74, 6) is -0.631. The molecule has 0 amide bonds. The highest BCUT2D eigenvalue weighted by Crippen LogP contribution is 2.51. The van der Waals surface area contributed by atoms with Crippen LogP contribution in [0.4, 0.5) is 0 Å². The van der Waals surface area contributed by atoms with Crippen LogP contribution >= 0.6 is 11.6 Å². The molecular weight excluding hydrogens is 340 g/mol. The number of rotatable bonds is 2. The van der Waals surface area contributed by atoms with E-state index in [1.165, 1.54) is 18.6 Å². The molecular formula is C15H17ClN2O4S. The normalized spacial score (nSPS) is 24.3. The van der Waals surface area contributed by atoms with E-state index in [-0.39, 0.29) is 27.0 Å². The Labute approximate surface area is 138 Å². The third-order valence-corrected chi connectivity index (χ3v) is 7.61. The van der Waals surface area contributed by atoms with Crippen molar-refractivity contribution in [2.45, 2.75) is 43.5 Å². The molecule has 124 valence electrons. The molecule has 23 heavy (non-hydrogen) atoms. The summed E-state index contributed by atoms with van der Waals surface area (Å²) in [4.78, 5) is 13.7. The molecule has 1 atom stereocenters. The van der Waals surface area contributed by atoms with Gasteiger partial charge in [-0.15, -0.1) is 0 Å². The highest BCUT2D eigenvalue weighted by atomic mass is 35.5. The number of nitrogens with zero attached hydrogens (tertiary/aromatic N) is 1. The van der Waals surface area contributed by atoms with Crippen molar-refractivity contribution < 1.29 is 12.8 Å². The minimum atomic E-state index is -3.72. The summed E-state index contributed by atoms with van der Waals surface area (Å²) < 4.78 is 32.6. The minimum Gasteiger partial charge on any atom is -0.408 e. The number of sulfonamides is 1. The first-order valence-electron chi connectivity index (χ1n) is 7.65. The van der Waals surface area contributed by atoms with Crippen molar-refractivity contribution in [1.29, 1.82) is 0 Å². The molecule has 4 rings (SSSR count). The van der Waals surface area contributed by atoms with Gasteiger partial charge in [0.2, 0.25) is 10.0 Å². The number of aromatic nitrogens is 1. The van der Waals surface area contributed by atoms with Crippen molar-refractivity contribution >= 4 is 32.7 Å². The second kappa shape index (κ2) is 4.84. The zero-order chi connectivity index (χ0) is 16.4. The molecule has 1 aliphatic heterocycles. The van der Waals surface area contributed by atoms with Gasteiger partial charge in [0.05, 0.1) is 10.5 Å². The van der Waals surface area contributed by atoms with E-state index in [9.17, 15) is 13.2 Å². The largest absolute Gasteiger partial charge is 0.417 e. The number of benzene rings is 1. The van der Waals surface area contributed by atoms with E-state index in [0.717, 1.165) is 19.3 Å². The van der Waals surface area contributed by atoms with Crippen molar-refractivity contribution in [2.24, 2.45) is 5.41 Å². The van der Waals surface area contributed by atoms with E-state index >= 15 is 0 Å². The van der Waals surface area contributed by atoms with Crippen molar-refractivity contribution in [3.63, 3.8) is 0 Å². The van der Waals surface area contributed by atoms with Gasteiger partial charge >= 0.3 is 5.76 Å². The van der Waals surface area contributed by atoms with Crippen LogP contribution in [0.3, 0.4) is 0 Å². The van der Waals surface area contributed by atoms with Gasteiger partial charge in [-0.2, -0.15) is 4.31 Å². The van der Waals surface area contributed by atoms with Gasteiger partial charge < -0.3 is 4.42 Å². The number of hydrogen-bond donors (Lipinski definition) is 1. The number of aromatic amines is 1. The number of H-pyrrole nitrogens is 1. The smallest absolute Gasteiger partial charge is 0.408 e. The zero-order valence-corrected chi connectivity index (χ0v) is 14.2. The second-order valence-electron chi connectivity index (χ2n) is 6.75. The lowest BCUT2D eigenvalue weighted by Crippen LogP contribution is -2.37. The van der Waals surface area contributed by atoms with Crippen LogP contribution < -0.4 is 5.76 Å². The van der Waals surface area contributed by atoms with E-state index in [0.29, 0.717) is 12.1 Å². The molecule has 1 aromatic carbocycles. The summed E-state index contributed by atoms with van der Waals surface area (Å²) in [5.41, 5.74) is 0.732. The lowest BCUT2D eigenvalue weighted by atomic mass is 9.68. The Hall–Kier alpha value is -1.31. The topological polar surface area (TPSA) is 83.4 Å². The highest BCUT2D eigenvalue weighted by molar-refractivity contribution is 7.89. The lowest BCUT2D eigenvalue weighted by molar-refractivity contribution is 0.152. The van der Waals surface area contributed by atoms with Gasteiger partial charge in [0, 0.05) is 18.7 Å². The monoisotopic (exact) mass is 356 g/mol. The molecule has 1 spiro atoms. The number of nitrogens with one attached hydrogen (secondary N) is 1. The molecule has 1 saturated heterocycles. The average Bonchev–Trinajstić information content (AvgIpc) is 2.96. The third-order valence-electron chi connectivity index (χ3n) is 5.19. The first-order valence-corrected chi connectivity index (χ1v) is 9.47. The summed E-state index contributed by atoms with van der Waals surface area (Å²) in [7, 11) is -3.72. The van der Waals surface area contributed by atoms with E-state index in [4.69, 9.17) is 16.0 Å². The average molecular weight is 357 g/mol. The standard InChI is InChI=1S/C15H17ClN2O4S/c1-9-7-15(3-2-4-15)8-18(9)23(20,21)13-6-12-11(5-10(13)16)17-14(19)22-12/h5-6,9H,2-4,7-8H2,1H3,(H,17,19). The van der Waals surface area contributed by atoms with Crippen LogP contribution in [0.5, 0.6) is 0 Å². The Bertz CT molecular complexity index is 942. The highest BCUT2D eigenvalue weighted by Gasteiger charge is 2.50. The Kier molecular flexibility index (Phi) is 3.21. The van der Waals surface area contributed by atoms with Crippen LogP contribution in [0.1, 0.15) is 32.6 Å². The minimum absolute atomic E-state index is 0.00219. The van der Waals surface area contributed by atoms with Crippen LogP contribution in [0.2, 0.25) is 5.02 Å². The molecule has 2 fully saturated rings. The Morgan fingerprint density at radius 3 is 2.74 bits per heavy atom. The first kappa shape index (κ1) is 15.2. The van der Waals surface area contributed by atoms with Gasteiger partial charge in [0.1, 0.15) is 4.90 Å². The first-order chi connectivity index (χ1) is 10.8. The molecule has 0 radical (unpaired) electrons. The quantitative estimate of drug-likeness (QED) is 0.896. The van der Waals surface area contributed by atoms with E-state index in [1.807, 2.05) is 6.92 Å². The van der Waals surface area contributed by atoms with Crippen molar-refractivity contribution in [3.8, 4) is 0 Å². The summed E-state index contributed by atoms with van der Waals surface area (Å²) in [5, 5.41) is 0.0938. The van der Waals surface area contributed by atoms with Crippen LogP contribution in [0, 0.1) is 5.41 Å². The molecule has 2 heterocycles. The Morgan fingerprint density at radius 1 is 1.39 bits per heavy atom. The number of oxazole rings is 1. The maximum atomic E-state index is 13.1. The third kappa shape index (κ3) is 2.25. The summed E-state index contributed by atoms with van der Waals surface area (Å²) >= 11 is 6.17. The molecule has 2 aliphatic rings. The van der Waals surface area contributed by atoms with Crippen LogP contribution in [0.15, 0.2) is 26.2 Å². The Balaban J connectivity index is 1.79. The van der Waals surface area contributed by atoms with Gasteiger partial charge in [-0.1, -0.05) is 18.0 Å². The fourth-order valence-corrected chi connectivity index (χ4v) is 6.18. The van der Waals surface area contributed by atoms with Gasteiger partial charge in [-0.05, 0) is 37.7 Å². The van der Waals surface area contributed by atoms with Gasteiger partial charge in [0.25, 0.3) is 0 Å². The second-order valence-corrected chi connectivity index (χ2v) is 9.02. The predicted molar refractivity (Wildman–Crippen MR) is 86.1 cm³/mol. The molecule has 6 nitrogen and oxygen atoms in total. The molecule has 1 aromatic heterocycles. The maximum absolute atomic E-state index is 13.1. The van der Waals surface area contributed by atoms with Crippen LogP contribution in [-0.2, 0) is 10.0 Å². The summed E-state index contributed by atoms with van der Waals surface area (Å²) in [6.07, 6.45) is 4.23. The van der Waals surface area contributed by atoms with Crippen LogP contribution in [-0.4, -0.2) is 30.3 Å². The van der Waals surface area contributed by atoms with Gasteiger partial charge in [-0.25, -0.2) is 13.2 Å². The number of hydrogen-bond acceptors (Lipinski definition) is 4.